The van der Waals surface area contributed by atoms with Gasteiger partial charge >= 0.3 is 5.97 Å². The lowest BCUT2D eigenvalue weighted by Crippen LogP contribution is -2.64. The number of carbonyl (C=O) groups is 1. The summed E-state index contributed by atoms with van der Waals surface area (Å²) >= 11 is 0. The first-order valence-electron chi connectivity index (χ1n) is 13.3. The van der Waals surface area contributed by atoms with E-state index in [-0.39, 0.29) is 17.3 Å². The predicted octanol–water partition coefficient (Wildman–Crippen LogP) is 8.28. The molecule has 2 heteroatoms. The molecule has 0 saturated heterocycles. The smallest absolute Gasteiger partial charge is 0.303 e. The topological polar surface area (TPSA) is 37.3 Å². The molecular weight excluding hydrogens is 392 g/mol. The summed E-state index contributed by atoms with van der Waals surface area (Å²) in [7, 11) is 0. The monoisotopic (exact) mass is 440 g/mol. The molecule has 0 heterocycles. The number of carboxylic acids is 1. The molecule has 0 aromatic rings. The van der Waals surface area contributed by atoms with Crippen LogP contribution in [0.1, 0.15) is 106 Å². The fourth-order valence-electron chi connectivity index (χ4n) is 10.7. The van der Waals surface area contributed by atoms with Crippen LogP contribution >= 0.6 is 0 Å². The number of fused-ring (bicyclic) bond motifs is 5. The Morgan fingerprint density at radius 1 is 0.844 bits per heavy atom. The van der Waals surface area contributed by atoms with Crippen molar-refractivity contribution >= 4 is 5.97 Å². The van der Waals surface area contributed by atoms with Crippen LogP contribution in [0, 0.1) is 51.2 Å². The molecule has 0 aromatic heterocycles. The molecule has 0 aliphatic heterocycles. The van der Waals surface area contributed by atoms with E-state index >= 15 is 0 Å². The Morgan fingerprint density at radius 2 is 1.44 bits per heavy atom. The Kier molecular flexibility index (Phi) is 5.83. The van der Waals surface area contributed by atoms with E-state index in [1.807, 2.05) is 0 Å². The van der Waals surface area contributed by atoms with Crippen LogP contribution < -0.4 is 0 Å². The molecule has 2 nitrogen and oxygen atoms in total. The predicted molar refractivity (Wildman–Crippen MR) is 133 cm³/mol. The maximum atomic E-state index is 11.6. The van der Waals surface area contributed by atoms with Crippen LogP contribution in [0.4, 0.5) is 0 Å². The van der Waals surface area contributed by atoms with Gasteiger partial charge < -0.3 is 5.11 Å². The van der Waals surface area contributed by atoms with E-state index in [1.54, 1.807) is 0 Å². The highest BCUT2D eigenvalue weighted by Crippen LogP contribution is 2.76. The molecular formula is C30H48O2. The maximum Gasteiger partial charge on any atom is 0.303 e. The van der Waals surface area contributed by atoms with Crippen LogP contribution in [-0.2, 0) is 4.79 Å². The summed E-state index contributed by atoms with van der Waals surface area (Å²) in [5.41, 5.74) is 3.78. The lowest BCUT2D eigenvalue weighted by Gasteiger charge is -2.71. The molecule has 0 unspecified atom stereocenters. The highest BCUT2D eigenvalue weighted by molar-refractivity contribution is 5.66. The molecule has 0 spiro atoms. The second-order valence-electron chi connectivity index (χ2n) is 13.5. The lowest BCUT2D eigenvalue weighted by atomic mass is 9.33. The Balaban J connectivity index is 1.72. The van der Waals surface area contributed by atoms with Crippen molar-refractivity contribution < 1.29 is 9.90 Å². The number of hydrogen-bond donors (Lipinski definition) is 1. The van der Waals surface area contributed by atoms with E-state index in [4.69, 9.17) is 0 Å². The van der Waals surface area contributed by atoms with Crippen LogP contribution in [-0.4, -0.2) is 11.1 Å². The van der Waals surface area contributed by atoms with Crippen LogP contribution in [0.5, 0.6) is 0 Å². The molecule has 1 N–H and O–H groups in total. The van der Waals surface area contributed by atoms with Crippen molar-refractivity contribution in [1.82, 2.24) is 0 Å². The van der Waals surface area contributed by atoms with Crippen molar-refractivity contribution in [3.63, 3.8) is 0 Å². The zero-order valence-electron chi connectivity index (χ0n) is 21.7. The summed E-state index contributed by atoms with van der Waals surface area (Å²) in [5, 5.41) is 9.56. The summed E-state index contributed by atoms with van der Waals surface area (Å²) in [4.78, 5) is 11.6. The van der Waals surface area contributed by atoms with Gasteiger partial charge in [-0.1, -0.05) is 52.0 Å². The van der Waals surface area contributed by atoms with Crippen molar-refractivity contribution in [2.75, 3.05) is 0 Å². The highest BCUT2D eigenvalue weighted by atomic mass is 16.4. The van der Waals surface area contributed by atoms with Gasteiger partial charge in [-0.2, -0.15) is 0 Å². The lowest BCUT2D eigenvalue weighted by molar-refractivity contribution is -0.221. The molecule has 4 rings (SSSR count). The van der Waals surface area contributed by atoms with Crippen molar-refractivity contribution in [2.45, 2.75) is 106 Å². The third kappa shape index (κ3) is 3.13. The van der Waals surface area contributed by atoms with Crippen molar-refractivity contribution in [2.24, 2.45) is 51.2 Å². The van der Waals surface area contributed by atoms with Gasteiger partial charge in [0, 0.05) is 6.42 Å². The average Bonchev–Trinajstić information content (AvgIpc) is 3.04. The van der Waals surface area contributed by atoms with E-state index < -0.39 is 5.97 Å². The van der Waals surface area contributed by atoms with E-state index in [1.165, 1.54) is 62.5 Å². The second-order valence-corrected chi connectivity index (χ2v) is 13.5. The molecule has 0 amide bonds. The molecule has 32 heavy (non-hydrogen) atoms. The summed E-state index contributed by atoms with van der Waals surface area (Å²) in [5.74, 6) is 2.70. The quantitative estimate of drug-likeness (QED) is 0.437. The molecule has 4 aliphatic carbocycles. The SMILES string of the molecule is C=C(C)[C@H]1CC[C@]2(C)[C@H]3CC[C@H]4[C@@](C)(CCC(=O)O)[C@H](C(=C)C)CC[C@@]4(C)[C@]3(C)CC[C@@H]12. The molecule has 4 saturated carbocycles. The van der Waals surface area contributed by atoms with E-state index in [2.05, 4.69) is 54.7 Å². The number of rotatable bonds is 5. The highest BCUT2D eigenvalue weighted by Gasteiger charge is 2.69. The Morgan fingerprint density at radius 3 is 2.03 bits per heavy atom. The molecule has 180 valence electrons. The van der Waals surface area contributed by atoms with Gasteiger partial charge in [-0.15, -0.1) is 0 Å². The van der Waals surface area contributed by atoms with Gasteiger partial charge in [0.15, 0.2) is 0 Å². The maximum absolute atomic E-state index is 11.6. The van der Waals surface area contributed by atoms with Crippen LogP contribution in [0.25, 0.3) is 0 Å². The fourth-order valence-corrected chi connectivity index (χ4v) is 10.7. The first-order chi connectivity index (χ1) is 14.8. The fraction of sp³-hybridized carbons (Fsp3) is 0.833. The molecule has 0 aromatic carbocycles. The van der Waals surface area contributed by atoms with Crippen LogP contribution in [0.2, 0.25) is 0 Å². The Hall–Kier alpha value is -1.05. The summed E-state index contributed by atoms with van der Waals surface area (Å²) in [6.45, 7) is 23.5. The van der Waals surface area contributed by atoms with E-state index in [9.17, 15) is 9.90 Å². The van der Waals surface area contributed by atoms with Gasteiger partial charge in [0.05, 0.1) is 0 Å². The van der Waals surface area contributed by atoms with Gasteiger partial charge in [0.25, 0.3) is 0 Å². The summed E-state index contributed by atoms with van der Waals surface area (Å²) in [6, 6.07) is 0. The molecule has 0 bridgehead atoms. The van der Waals surface area contributed by atoms with Crippen molar-refractivity contribution in [3.05, 3.63) is 24.3 Å². The summed E-state index contributed by atoms with van der Waals surface area (Å²) in [6.07, 6.45) is 11.5. The third-order valence-corrected chi connectivity index (χ3v) is 12.3. The minimum atomic E-state index is -0.649. The Labute approximate surface area is 197 Å². The second kappa shape index (κ2) is 7.74. The van der Waals surface area contributed by atoms with Crippen LogP contribution in [0.3, 0.4) is 0 Å². The van der Waals surface area contributed by atoms with Crippen molar-refractivity contribution in [3.8, 4) is 0 Å². The summed E-state index contributed by atoms with van der Waals surface area (Å²) < 4.78 is 0. The first kappa shape index (κ1) is 24.1. The van der Waals surface area contributed by atoms with Crippen molar-refractivity contribution in [1.29, 1.82) is 0 Å². The van der Waals surface area contributed by atoms with Gasteiger partial charge in [-0.25, -0.2) is 0 Å². The van der Waals surface area contributed by atoms with Gasteiger partial charge in [0.1, 0.15) is 0 Å². The molecule has 9 atom stereocenters. The largest absolute Gasteiger partial charge is 0.481 e. The zero-order valence-corrected chi connectivity index (χ0v) is 21.7. The minimum absolute atomic E-state index is 0.0405. The standard InChI is InChI=1S/C30H48O2/c1-19(2)21-11-15-28(6)23(21)13-18-30(8)25(28)10-9-24-27(5,16-14-26(31)32)22(20(3)4)12-17-29(24,30)7/h21-25H,1,3,9-18H2,2,4-8H3,(H,31,32)/t21-,22+,23+,24+,25-,27+,28+,29-,30-/m1/s1. The molecule has 4 fully saturated rings. The Bertz CT molecular complexity index is 812. The number of aliphatic carboxylic acids is 1. The minimum Gasteiger partial charge on any atom is -0.481 e. The zero-order chi connectivity index (χ0) is 23.7. The van der Waals surface area contributed by atoms with E-state index in [0.717, 1.165) is 24.2 Å². The van der Waals surface area contributed by atoms with E-state index in [0.29, 0.717) is 22.7 Å². The first-order valence-corrected chi connectivity index (χ1v) is 13.3. The number of carboxylic acid groups (broad SMARTS) is 1. The van der Waals surface area contributed by atoms with Crippen LogP contribution in [0.15, 0.2) is 24.3 Å². The number of allylic oxidation sites excluding steroid dienone is 2. The van der Waals surface area contributed by atoms with Gasteiger partial charge in [0.2, 0.25) is 0 Å². The normalized spacial score (nSPS) is 50.1. The average molecular weight is 441 g/mol. The van der Waals surface area contributed by atoms with Gasteiger partial charge in [-0.05, 0) is 123 Å². The molecule has 4 aliphatic rings. The third-order valence-electron chi connectivity index (χ3n) is 12.3. The number of hydrogen-bond acceptors (Lipinski definition) is 1. The van der Waals surface area contributed by atoms with Gasteiger partial charge in [-0.3, -0.25) is 4.79 Å². The molecule has 0 radical (unpaired) electrons.